The summed E-state index contributed by atoms with van der Waals surface area (Å²) in [6.45, 7) is 0. The maximum absolute atomic E-state index is 7.07. The van der Waals surface area contributed by atoms with E-state index in [1.807, 2.05) is 0 Å². The quantitative estimate of drug-likeness (QED) is 0.187. The number of nitrogens with zero attached hydrogens (tertiary/aromatic N) is 1. The third-order valence-corrected chi connectivity index (χ3v) is 10.9. The molecule has 2 aliphatic heterocycles. The molecule has 0 amide bonds. The number of ether oxygens (including phenoxy) is 2. The maximum atomic E-state index is 7.07. The SMILES string of the molecule is c1ccc(-c2cccc3c2Oc2ccccc2C32c3ccccc3Oc3c(-c4ccc5c6ccccc6n(-c6ccccc6)c5c4)cccc32)cc1. The molecule has 0 saturated carbocycles. The number of aromatic nitrogens is 1. The normalized spacial score (nSPS) is 15.3. The van der Waals surface area contributed by atoms with Crippen LogP contribution in [-0.4, -0.2) is 4.57 Å². The first-order valence-electron chi connectivity index (χ1n) is 17.8. The van der Waals surface area contributed by atoms with Gasteiger partial charge < -0.3 is 14.0 Å². The van der Waals surface area contributed by atoms with Crippen LogP contribution < -0.4 is 9.47 Å². The second kappa shape index (κ2) is 11.1. The van der Waals surface area contributed by atoms with Crippen LogP contribution in [-0.2, 0) is 5.41 Å². The van der Waals surface area contributed by atoms with Crippen LogP contribution in [0.25, 0.3) is 49.7 Å². The Hall–Kier alpha value is -6.84. The average Bonchev–Trinajstić information content (AvgIpc) is 3.55. The van der Waals surface area contributed by atoms with E-state index in [1.54, 1.807) is 0 Å². The summed E-state index contributed by atoms with van der Waals surface area (Å²) in [7, 11) is 0. The zero-order valence-corrected chi connectivity index (χ0v) is 28.2. The molecule has 11 rings (SSSR count). The molecule has 52 heavy (non-hydrogen) atoms. The van der Waals surface area contributed by atoms with Gasteiger partial charge in [-0.2, -0.15) is 0 Å². The van der Waals surface area contributed by atoms with Gasteiger partial charge in [-0.25, -0.2) is 0 Å². The van der Waals surface area contributed by atoms with E-state index < -0.39 is 5.41 Å². The minimum Gasteiger partial charge on any atom is -0.456 e. The molecule has 0 N–H and O–H groups in total. The van der Waals surface area contributed by atoms with E-state index in [0.29, 0.717) is 0 Å². The van der Waals surface area contributed by atoms with Crippen LogP contribution in [0.15, 0.2) is 188 Å². The molecule has 0 saturated heterocycles. The molecule has 0 aliphatic carbocycles. The zero-order valence-electron chi connectivity index (χ0n) is 28.2. The van der Waals surface area contributed by atoms with Gasteiger partial charge in [-0.1, -0.05) is 152 Å². The summed E-state index contributed by atoms with van der Waals surface area (Å²) in [5.41, 5.74) is 11.5. The van der Waals surface area contributed by atoms with Crippen molar-refractivity contribution in [2.75, 3.05) is 0 Å². The molecule has 9 aromatic rings. The Balaban J connectivity index is 1.22. The van der Waals surface area contributed by atoms with E-state index in [1.165, 1.54) is 16.3 Å². The summed E-state index contributed by atoms with van der Waals surface area (Å²) in [6.07, 6.45) is 0. The first-order chi connectivity index (χ1) is 25.8. The van der Waals surface area contributed by atoms with E-state index in [2.05, 4.69) is 193 Å². The van der Waals surface area contributed by atoms with Crippen molar-refractivity contribution >= 4 is 21.8 Å². The van der Waals surface area contributed by atoms with Crippen LogP contribution in [0.4, 0.5) is 0 Å². The van der Waals surface area contributed by atoms with Crippen LogP contribution in [0.5, 0.6) is 23.0 Å². The monoisotopic (exact) mass is 665 g/mol. The molecule has 0 bridgehead atoms. The predicted octanol–water partition coefficient (Wildman–Crippen LogP) is 12.7. The van der Waals surface area contributed by atoms with Gasteiger partial charge >= 0.3 is 0 Å². The summed E-state index contributed by atoms with van der Waals surface area (Å²) < 4.78 is 16.4. The molecular formula is C49H31NO2. The van der Waals surface area contributed by atoms with Crippen molar-refractivity contribution in [1.29, 1.82) is 0 Å². The fourth-order valence-electron chi connectivity index (χ4n) is 8.77. The van der Waals surface area contributed by atoms with E-state index in [-0.39, 0.29) is 0 Å². The van der Waals surface area contributed by atoms with Gasteiger partial charge in [-0.05, 0) is 47.5 Å². The molecule has 1 atom stereocenters. The second-order valence-corrected chi connectivity index (χ2v) is 13.6. The standard InChI is InChI=1S/C49H31NO2/c1-3-15-32(16-4-1)35-20-13-24-41-47(35)51-45-27-11-8-22-39(45)49(41)40-23-9-12-28-46(40)52-48-36(21-14-25-42(48)49)33-29-30-38-37-19-7-10-26-43(37)50(44(38)31-33)34-17-5-2-6-18-34/h1-31H. The van der Waals surface area contributed by atoms with Crippen molar-refractivity contribution < 1.29 is 9.47 Å². The largest absolute Gasteiger partial charge is 0.456 e. The van der Waals surface area contributed by atoms with Gasteiger partial charge in [-0.3, -0.25) is 0 Å². The highest BCUT2D eigenvalue weighted by atomic mass is 16.5. The Morgan fingerprint density at radius 3 is 1.56 bits per heavy atom. The molecule has 3 heteroatoms. The highest BCUT2D eigenvalue weighted by Gasteiger charge is 2.51. The van der Waals surface area contributed by atoms with E-state index in [4.69, 9.17) is 9.47 Å². The lowest BCUT2D eigenvalue weighted by Gasteiger charge is -2.45. The van der Waals surface area contributed by atoms with Crippen molar-refractivity contribution in [3.8, 4) is 50.9 Å². The van der Waals surface area contributed by atoms with Crippen LogP contribution in [0.3, 0.4) is 0 Å². The van der Waals surface area contributed by atoms with Gasteiger partial charge in [-0.15, -0.1) is 0 Å². The van der Waals surface area contributed by atoms with Gasteiger partial charge in [0.15, 0.2) is 0 Å². The molecular weight excluding hydrogens is 635 g/mol. The Morgan fingerprint density at radius 2 is 0.885 bits per heavy atom. The molecule has 3 heterocycles. The molecule has 244 valence electrons. The third-order valence-electron chi connectivity index (χ3n) is 10.9. The number of para-hydroxylation sites is 6. The van der Waals surface area contributed by atoms with Crippen molar-refractivity contribution in [2.24, 2.45) is 0 Å². The number of fused-ring (bicyclic) bond motifs is 11. The second-order valence-electron chi connectivity index (χ2n) is 13.6. The first-order valence-corrected chi connectivity index (χ1v) is 17.8. The summed E-state index contributed by atoms with van der Waals surface area (Å²) in [6, 6.07) is 66.9. The van der Waals surface area contributed by atoms with Crippen molar-refractivity contribution in [2.45, 2.75) is 5.41 Å². The minimum atomic E-state index is -0.696. The zero-order chi connectivity index (χ0) is 34.2. The maximum Gasteiger partial charge on any atom is 0.140 e. The molecule has 0 fully saturated rings. The highest BCUT2D eigenvalue weighted by molar-refractivity contribution is 6.10. The van der Waals surface area contributed by atoms with E-state index >= 15 is 0 Å². The highest BCUT2D eigenvalue weighted by Crippen LogP contribution is 2.63. The van der Waals surface area contributed by atoms with Crippen LogP contribution in [0.2, 0.25) is 0 Å². The van der Waals surface area contributed by atoms with Gasteiger partial charge in [0, 0.05) is 49.8 Å². The number of benzene rings is 8. The van der Waals surface area contributed by atoms with Gasteiger partial charge in [0.1, 0.15) is 23.0 Å². The molecule has 2 aliphatic rings. The Labute approximate surface area is 301 Å². The van der Waals surface area contributed by atoms with Gasteiger partial charge in [0.2, 0.25) is 0 Å². The Bertz CT molecular complexity index is 2840. The van der Waals surface area contributed by atoms with E-state index in [0.717, 1.165) is 78.7 Å². The Morgan fingerprint density at radius 1 is 0.365 bits per heavy atom. The van der Waals surface area contributed by atoms with Crippen molar-refractivity contribution in [1.82, 2.24) is 4.57 Å². The lowest BCUT2D eigenvalue weighted by atomic mass is 9.61. The van der Waals surface area contributed by atoms with Gasteiger partial charge in [0.05, 0.1) is 16.4 Å². The predicted molar refractivity (Wildman–Crippen MR) is 210 cm³/mol. The molecule has 0 radical (unpaired) electrons. The molecule has 1 unspecified atom stereocenters. The number of rotatable bonds is 3. The summed E-state index contributed by atoms with van der Waals surface area (Å²) in [5.74, 6) is 3.42. The van der Waals surface area contributed by atoms with Crippen LogP contribution >= 0.6 is 0 Å². The van der Waals surface area contributed by atoms with E-state index in [9.17, 15) is 0 Å². The number of hydrogen-bond donors (Lipinski definition) is 0. The van der Waals surface area contributed by atoms with Crippen LogP contribution in [0.1, 0.15) is 22.3 Å². The molecule has 1 aromatic heterocycles. The summed E-state index contributed by atoms with van der Waals surface area (Å²) in [5, 5.41) is 2.45. The fourth-order valence-corrected chi connectivity index (χ4v) is 8.77. The van der Waals surface area contributed by atoms with Gasteiger partial charge in [0.25, 0.3) is 0 Å². The fraction of sp³-hybridized carbons (Fsp3) is 0.0204. The lowest BCUT2D eigenvalue weighted by molar-refractivity contribution is 0.401. The third kappa shape index (κ3) is 3.96. The first kappa shape index (κ1) is 28.9. The number of hydrogen-bond acceptors (Lipinski definition) is 2. The topological polar surface area (TPSA) is 23.4 Å². The average molecular weight is 666 g/mol. The lowest BCUT2D eigenvalue weighted by Crippen LogP contribution is -2.37. The molecule has 8 aromatic carbocycles. The summed E-state index contributed by atoms with van der Waals surface area (Å²) >= 11 is 0. The molecule has 3 nitrogen and oxygen atoms in total. The summed E-state index contributed by atoms with van der Waals surface area (Å²) in [4.78, 5) is 0. The van der Waals surface area contributed by atoms with Crippen LogP contribution in [0, 0.1) is 0 Å². The molecule has 1 spiro atoms. The smallest absolute Gasteiger partial charge is 0.140 e. The minimum absolute atomic E-state index is 0.696. The Kier molecular flexibility index (Phi) is 6.17. The van der Waals surface area contributed by atoms with Crippen molar-refractivity contribution in [3.63, 3.8) is 0 Å². The van der Waals surface area contributed by atoms with Crippen molar-refractivity contribution in [3.05, 3.63) is 210 Å².